The van der Waals surface area contributed by atoms with Gasteiger partial charge in [-0.25, -0.2) is 8.42 Å². The first-order chi connectivity index (χ1) is 11.5. The molecule has 0 aromatic heterocycles. The Balaban J connectivity index is 2.16. The average molecular weight is 385 g/mol. The molecule has 1 heterocycles. The molecule has 0 N–H and O–H groups in total. The smallest absolute Gasteiger partial charge is 0.207 e. The number of benzene rings is 1. The van der Waals surface area contributed by atoms with Crippen molar-refractivity contribution in [2.45, 2.75) is 87.6 Å². The normalized spacial score (nSPS) is 22.6. The van der Waals surface area contributed by atoms with Crippen molar-refractivity contribution in [2.24, 2.45) is 0 Å². The molecule has 1 fully saturated rings. The van der Waals surface area contributed by atoms with Crippen LogP contribution in [0.15, 0.2) is 35.2 Å². The predicted octanol–water partition coefficient (Wildman–Crippen LogP) is 4.77. The van der Waals surface area contributed by atoms with Crippen LogP contribution >= 0.6 is 0 Å². The van der Waals surface area contributed by atoms with E-state index < -0.39 is 23.6 Å². The molecule has 6 heteroatoms. The van der Waals surface area contributed by atoms with Crippen molar-refractivity contribution in [3.8, 4) is 0 Å². The van der Waals surface area contributed by atoms with Crippen molar-refractivity contribution in [3.63, 3.8) is 0 Å². The number of hydrogen-bond donors (Lipinski definition) is 0. The summed E-state index contributed by atoms with van der Waals surface area (Å²) >= 11 is 0. The lowest BCUT2D eigenvalue weighted by Crippen LogP contribution is -2.50. The third kappa shape index (κ3) is 3.87. The molecule has 2 rings (SSSR count). The van der Waals surface area contributed by atoms with Crippen LogP contribution < -0.4 is 0 Å². The maximum Gasteiger partial charge on any atom is 0.207 e. The van der Waals surface area contributed by atoms with Crippen LogP contribution in [0.25, 0.3) is 0 Å². The van der Waals surface area contributed by atoms with Crippen LogP contribution in [-0.4, -0.2) is 34.4 Å². The Kier molecular flexibility index (Phi) is 6.19. The van der Waals surface area contributed by atoms with Crippen LogP contribution in [0.4, 0.5) is 0 Å². The molecule has 0 spiro atoms. The lowest BCUT2D eigenvalue weighted by molar-refractivity contribution is 0.153. The SMILES string of the molecule is CC(C)[Si](O[C@@H](C)[C@@H]1O[C@H]1S(=O)(=O)c1ccccc1)(C(C)C)C(C)C. The molecule has 1 aliphatic rings. The van der Waals surface area contributed by atoms with E-state index in [1.165, 1.54) is 0 Å². The third-order valence-corrected chi connectivity index (χ3v) is 13.5. The van der Waals surface area contributed by atoms with Gasteiger partial charge in [0.2, 0.25) is 18.2 Å². The highest BCUT2D eigenvalue weighted by Gasteiger charge is 2.56. The molecule has 1 aliphatic heterocycles. The summed E-state index contributed by atoms with van der Waals surface area (Å²) in [5.74, 6) is 0. The van der Waals surface area contributed by atoms with Crippen LogP contribution in [0, 0.1) is 0 Å². The highest BCUT2D eigenvalue weighted by atomic mass is 32.2. The van der Waals surface area contributed by atoms with Gasteiger partial charge in [0.15, 0.2) is 5.44 Å². The Morgan fingerprint density at radius 2 is 1.40 bits per heavy atom. The second-order valence-corrected chi connectivity index (χ2v) is 15.4. The topological polar surface area (TPSA) is 55.9 Å². The van der Waals surface area contributed by atoms with Crippen LogP contribution in [0.3, 0.4) is 0 Å². The fourth-order valence-electron chi connectivity index (χ4n) is 4.23. The molecule has 25 heavy (non-hydrogen) atoms. The van der Waals surface area contributed by atoms with Gasteiger partial charge in [-0.3, -0.25) is 0 Å². The average Bonchev–Trinajstić information content (AvgIpc) is 3.33. The second-order valence-electron chi connectivity index (χ2n) is 7.97. The second kappa shape index (κ2) is 7.51. The van der Waals surface area contributed by atoms with E-state index in [1.54, 1.807) is 24.3 Å². The Hall–Kier alpha value is -0.693. The Morgan fingerprint density at radius 3 is 1.84 bits per heavy atom. The summed E-state index contributed by atoms with van der Waals surface area (Å²) in [7, 11) is -5.52. The minimum atomic E-state index is -3.46. The molecular formula is C19H32O4SSi. The van der Waals surface area contributed by atoms with Gasteiger partial charge in [0.05, 0.1) is 11.0 Å². The van der Waals surface area contributed by atoms with E-state index in [9.17, 15) is 8.42 Å². The van der Waals surface area contributed by atoms with Crippen molar-refractivity contribution < 1.29 is 17.6 Å². The summed E-state index contributed by atoms with van der Waals surface area (Å²) in [6.07, 6.45) is -0.601. The number of hydrogen-bond acceptors (Lipinski definition) is 4. The van der Waals surface area contributed by atoms with E-state index >= 15 is 0 Å². The zero-order valence-electron chi connectivity index (χ0n) is 16.4. The molecule has 4 nitrogen and oxygen atoms in total. The van der Waals surface area contributed by atoms with Crippen molar-refractivity contribution >= 4 is 18.2 Å². The molecule has 0 amide bonds. The van der Waals surface area contributed by atoms with Crippen molar-refractivity contribution in [1.29, 1.82) is 0 Å². The quantitative estimate of drug-likeness (QED) is 0.479. The fraction of sp³-hybridized carbons (Fsp3) is 0.684. The predicted molar refractivity (Wildman–Crippen MR) is 104 cm³/mol. The summed E-state index contributed by atoms with van der Waals surface area (Å²) in [6, 6.07) is 8.52. The van der Waals surface area contributed by atoms with Gasteiger partial charge in [-0.15, -0.1) is 0 Å². The Bertz CT molecular complexity index is 648. The first-order valence-electron chi connectivity index (χ1n) is 9.17. The molecule has 142 valence electrons. The maximum absolute atomic E-state index is 12.7. The van der Waals surface area contributed by atoms with Gasteiger partial charge in [-0.2, -0.15) is 0 Å². The first-order valence-corrected chi connectivity index (χ1v) is 12.9. The molecule has 0 bridgehead atoms. The van der Waals surface area contributed by atoms with Gasteiger partial charge in [-0.05, 0) is 35.7 Å². The number of ether oxygens (including phenoxy) is 1. The van der Waals surface area contributed by atoms with E-state index in [4.69, 9.17) is 9.16 Å². The Morgan fingerprint density at radius 1 is 0.920 bits per heavy atom. The third-order valence-electron chi connectivity index (χ3n) is 5.42. The van der Waals surface area contributed by atoms with Gasteiger partial charge in [0.1, 0.15) is 6.10 Å². The van der Waals surface area contributed by atoms with E-state index in [0.29, 0.717) is 21.5 Å². The molecule has 1 aromatic carbocycles. The first kappa shape index (κ1) is 20.6. The van der Waals surface area contributed by atoms with Gasteiger partial charge in [-0.1, -0.05) is 59.7 Å². The molecule has 0 radical (unpaired) electrons. The standard InChI is InChI=1S/C19H32O4SSi/c1-13(2)25(14(3)4,15(5)6)23-16(7)18-19(22-18)24(20,21)17-11-9-8-10-12-17/h8-16,18-19H,1-7H3/t16-,18-,19-/m0/s1. The molecular weight excluding hydrogens is 352 g/mol. The summed E-state index contributed by atoms with van der Waals surface area (Å²) in [4.78, 5) is 0.315. The minimum Gasteiger partial charge on any atom is -0.411 e. The van der Waals surface area contributed by atoms with Crippen LogP contribution in [0.1, 0.15) is 48.5 Å². The van der Waals surface area contributed by atoms with Gasteiger partial charge >= 0.3 is 0 Å². The lowest BCUT2D eigenvalue weighted by Gasteiger charge is -2.43. The molecule has 1 saturated heterocycles. The molecule has 3 atom stereocenters. The maximum atomic E-state index is 12.7. The summed E-state index contributed by atoms with van der Waals surface area (Å²) in [5.41, 5.74) is 0.580. The zero-order valence-corrected chi connectivity index (χ0v) is 18.2. The van der Waals surface area contributed by atoms with Crippen LogP contribution in [0.2, 0.25) is 16.6 Å². The van der Waals surface area contributed by atoms with Gasteiger partial charge in [0.25, 0.3) is 0 Å². The van der Waals surface area contributed by atoms with Gasteiger partial charge in [0, 0.05) is 0 Å². The highest BCUT2D eigenvalue weighted by molar-refractivity contribution is 7.92. The van der Waals surface area contributed by atoms with E-state index in [1.807, 2.05) is 13.0 Å². The van der Waals surface area contributed by atoms with E-state index in [0.717, 1.165) is 0 Å². The fourth-order valence-corrected chi connectivity index (χ4v) is 11.5. The summed E-state index contributed by atoms with van der Waals surface area (Å²) < 4.78 is 37.7. The molecule has 1 aromatic rings. The molecule has 0 aliphatic carbocycles. The molecule has 0 unspecified atom stereocenters. The van der Waals surface area contributed by atoms with E-state index in [2.05, 4.69) is 41.5 Å². The Labute approximate surface area is 154 Å². The van der Waals surface area contributed by atoms with Crippen molar-refractivity contribution in [3.05, 3.63) is 30.3 Å². The zero-order chi connectivity index (χ0) is 19.0. The monoisotopic (exact) mass is 384 g/mol. The largest absolute Gasteiger partial charge is 0.411 e. The molecule has 0 saturated carbocycles. The van der Waals surface area contributed by atoms with Crippen LogP contribution in [-0.2, 0) is 19.0 Å². The number of epoxide rings is 1. The van der Waals surface area contributed by atoms with Crippen LogP contribution in [0.5, 0.6) is 0 Å². The summed E-state index contributed by atoms with van der Waals surface area (Å²) in [5, 5.41) is 0. The number of rotatable bonds is 8. The summed E-state index contributed by atoms with van der Waals surface area (Å²) in [6.45, 7) is 15.3. The van der Waals surface area contributed by atoms with Gasteiger partial charge < -0.3 is 9.16 Å². The minimum absolute atomic E-state index is 0.220. The van der Waals surface area contributed by atoms with E-state index in [-0.39, 0.29) is 12.2 Å². The van der Waals surface area contributed by atoms with Crippen molar-refractivity contribution in [2.75, 3.05) is 0 Å². The highest BCUT2D eigenvalue weighted by Crippen LogP contribution is 2.45. The lowest BCUT2D eigenvalue weighted by atomic mass is 10.3. The van der Waals surface area contributed by atoms with Crippen molar-refractivity contribution in [1.82, 2.24) is 0 Å². The number of sulfone groups is 1.